The number of amides is 2. The van der Waals surface area contributed by atoms with Crippen molar-refractivity contribution in [2.45, 2.75) is 27.2 Å². The van der Waals surface area contributed by atoms with Crippen LogP contribution in [0.3, 0.4) is 0 Å². The molecule has 0 aliphatic carbocycles. The quantitative estimate of drug-likeness (QED) is 0.223. The van der Waals surface area contributed by atoms with E-state index in [0.29, 0.717) is 4.90 Å². The van der Waals surface area contributed by atoms with E-state index in [1.807, 2.05) is 0 Å². The Hall–Kier alpha value is -1.18. The van der Waals surface area contributed by atoms with Crippen LogP contribution in [-0.4, -0.2) is 41.9 Å². The van der Waals surface area contributed by atoms with Gasteiger partial charge in [0.15, 0.2) is 0 Å². The van der Waals surface area contributed by atoms with Crippen molar-refractivity contribution in [3.63, 3.8) is 0 Å². The zero-order chi connectivity index (χ0) is 16.2. The summed E-state index contributed by atoms with van der Waals surface area (Å²) in [6, 6.07) is -1.03. The second-order valence-electron chi connectivity index (χ2n) is 5.01. The molecule has 0 aromatic carbocycles. The summed E-state index contributed by atoms with van der Waals surface area (Å²) in [5, 5.41) is 11.8. The molecule has 0 saturated carbocycles. The molecule has 1 atom stereocenters. The molecule has 7 nitrogen and oxygen atoms in total. The fourth-order valence-electron chi connectivity index (χ4n) is 2.27. The van der Waals surface area contributed by atoms with E-state index in [1.54, 1.807) is 20.8 Å². The van der Waals surface area contributed by atoms with Gasteiger partial charge in [-0.25, -0.2) is 4.99 Å². The molecular weight excluding hydrogens is 299 g/mol. The van der Waals surface area contributed by atoms with Gasteiger partial charge in [-0.2, -0.15) is 0 Å². The van der Waals surface area contributed by atoms with Crippen LogP contribution in [0.2, 0.25) is 0 Å². The Morgan fingerprint density at radius 2 is 2.09 bits per heavy atom. The molecule has 0 radical (unpaired) electrons. The average Bonchev–Trinajstić information content (AvgIpc) is 2.39. The van der Waals surface area contributed by atoms with E-state index in [4.69, 9.17) is 4.74 Å². The van der Waals surface area contributed by atoms with E-state index in [-0.39, 0.29) is 42.6 Å². The van der Waals surface area contributed by atoms with E-state index in [0.717, 1.165) is 0 Å². The summed E-state index contributed by atoms with van der Waals surface area (Å²) in [4.78, 5) is 40.3. The average molecular weight is 318 g/mol. The van der Waals surface area contributed by atoms with Gasteiger partial charge in [0.25, 0.3) is 5.91 Å². The number of esters is 1. The van der Waals surface area contributed by atoms with Gasteiger partial charge in [0.05, 0.1) is 12.6 Å². The van der Waals surface area contributed by atoms with Crippen LogP contribution < -0.4 is 34.7 Å². The summed E-state index contributed by atoms with van der Waals surface area (Å²) in [5.41, 5.74) is -1.48. The third-order valence-electron chi connectivity index (χ3n) is 3.48. The van der Waals surface area contributed by atoms with E-state index in [2.05, 4.69) is 11.6 Å². The van der Waals surface area contributed by atoms with Crippen molar-refractivity contribution >= 4 is 23.8 Å². The van der Waals surface area contributed by atoms with Gasteiger partial charge in [-0.1, -0.05) is 19.9 Å². The third kappa shape index (κ3) is 3.77. The first-order valence-corrected chi connectivity index (χ1v) is 6.69. The van der Waals surface area contributed by atoms with Crippen molar-refractivity contribution in [1.29, 1.82) is 0 Å². The van der Waals surface area contributed by atoms with Gasteiger partial charge in [-0.05, 0) is 19.3 Å². The molecule has 8 heteroatoms. The third-order valence-corrected chi connectivity index (χ3v) is 3.48. The number of ether oxygens (including phenoxy) is 1. The summed E-state index contributed by atoms with van der Waals surface area (Å²) >= 11 is 0. The van der Waals surface area contributed by atoms with Crippen molar-refractivity contribution in [2.24, 2.45) is 16.3 Å². The van der Waals surface area contributed by atoms with Gasteiger partial charge >= 0.3 is 35.5 Å². The molecule has 0 aromatic rings. The Balaban J connectivity index is 0.00000441. The smallest absolute Gasteiger partial charge is 0.846 e. The second kappa shape index (κ2) is 8.45. The maximum absolute atomic E-state index is 12.6. The van der Waals surface area contributed by atoms with Gasteiger partial charge < -0.3 is 9.84 Å². The van der Waals surface area contributed by atoms with Crippen molar-refractivity contribution in [3.05, 3.63) is 12.7 Å². The van der Waals surface area contributed by atoms with Crippen molar-refractivity contribution in [2.75, 3.05) is 13.2 Å². The molecule has 1 aliphatic heterocycles. The molecule has 0 saturated heterocycles. The maximum Gasteiger partial charge on any atom is 1.00 e. The monoisotopic (exact) mass is 318 g/mol. The molecule has 0 fully saturated rings. The van der Waals surface area contributed by atoms with Crippen LogP contribution in [0, 0.1) is 11.3 Å². The first-order chi connectivity index (χ1) is 9.81. The van der Waals surface area contributed by atoms with Crippen LogP contribution >= 0.6 is 0 Å². The van der Waals surface area contributed by atoms with E-state index in [9.17, 15) is 19.5 Å². The van der Waals surface area contributed by atoms with Crippen LogP contribution in [-0.2, 0) is 19.1 Å². The van der Waals surface area contributed by atoms with Crippen molar-refractivity contribution < 1.29 is 53.8 Å². The van der Waals surface area contributed by atoms with Gasteiger partial charge in [-0.3, -0.25) is 19.3 Å². The molecule has 2 amide bonds. The zero-order valence-corrected chi connectivity index (χ0v) is 15.4. The summed E-state index contributed by atoms with van der Waals surface area (Å²) in [6.45, 7) is 8.12. The molecule has 1 aliphatic rings. The number of allylic oxidation sites excluding steroid dienone is 1. The second-order valence-corrected chi connectivity index (χ2v) is 5.01. The topological polar surface area (TPSA) is 99.1 Å². The number of aliphatic imine (C=N–C) groups is 1. The van der Waals surface area contributed by atoms with Crippen LogP contribution in [0.5, 0.6) is 0 Å². The molecule has 0 N–H and O–H groups in total. The van der Waals surface area contributed by atoms with Crippen LogP contribution in [0.4, 0.5) is 0 Å². The minimum Gasteiger partial charge on any atom is -0.846 e. The Morgan fingerprint density at radius 3 is 2.55 bits per heavy atom. The van der Waals surface area contributed by atoms with E-state index < -0.39 is 41.7 Å². The first kappa shape index (κ1) is 20.8. The predicted octanol–water partition coefficient (Wildman–Crippen LogP) is -3.14. The molecule has 0 aromatic heterocycles. The molecule has 1 heterocycles. The molecule has 0 spiro atoms. The van der Waals surface area contributed by atoms with Crippen LogP contribution in [0.15, 0.2) is 17.6 Å². The van der Waals surface area contributed by atoms with E-state index in [1.165, 1.54) is 6.08 Å². The summed E-state index contributed by atoms with van der Waals surface area (Å²) in [6.07, 6.45) is 1.49. The molecule has 1 rings (SSSR count). The summed E-state index contributed by atoms with van der Waals surface area (Å²) in [5.74, 6) is -2.62. The minimum absolute atomic E-state index is 0. The zero-order valence-electron chi connectivity index (χ0n) is 13.4. The number of rotatable bonds is 6. The molecular formula is C14H19N2NaO5. The Bertz CT molecular complexity index is 503. The number of hydrogen-bond acceptors (Lipinski definition) is 5. The van der Waals surface area contributed by atoms with Crippen LogP contribution in [0.25, 0.3) is 0 Å². The maximum atomic E-state index is 12.6. The summed E-state index contributed by atoms with van der Waals surface area (Å²) < 4.78 is 4.72. The van der Waals surface area contributed by atoms with Crippen molar-refractivity contribution in [1.82, 2.24) is 4.90 Å². The molecule has 1 unspecified atom stereocenters. The van der Waals surface area contributed by atoms with Gasteiger partial charge in [0, 0.05) is 0 Å². The number of amidine groups is 1. The Kier molecular flexibility index (Phi) is 8.00. The molecule has 0 bridgehead atoms. The van der Waals surface area contributed by atoms with Gasteiger partial charge in [-0.15, -0.1) is 6.58 Å². The van der Waals surface area contributed by atoms with Crippen LogP contribution in [0.1, 0.15) is 27.2 Å². The fourth-order valence-corrected chi connectivity index (χ4v) is 2.27. The van der Waals surface area contributed by atoms with E-state index >= 15 is 0 Å². The summed E-state index contributed by atoms with van der Waals surface area (Å²) in [7, 11) is 0. The molecule has 22 heavy (non-hydrogen) atoms. The van der Waals surface area contributed by atoms with Crippen molar-refractivity contribution in [3.8, 4) is 0 Å². The fraction of sp³-hybridized carbons (Fsp3) is 0.571. The number of carbonyl (C=O) groups is 3. The first-order valence-electron chi connectivity index (χ1n) is 6.69. The van der Waals surface area contributed by atoms with Gasteiger partial charge in [0.2, 0.25) is 5.91 Å². The Labute approximate surface area is 151 Å². The largest absolute Gasteiger partial charge is 1.00 e. The number of hydrogen-bond donors (Lipinski definition) is 0. The SMILES string of the molecule is C=CCC1(C(C)C)C(=O)N=C([O-])N(CC(=O)OCC)C1=O.[Na+]. The standard InChI is InChI=1S/C14H20N2O5.Na/c1-5-7-14(9(3)4)11(18)15-13(20)16(12(14)19)8-10(17)21-6-2;/h5,9H,1,6-8H2,2-4H3,(H,15,18,20);/q;+1/p-1. The Morgan fingerprint density at radius 1 is 1.50 bits per heavy atom. The molecule has 116 valence electrons. The number of nitrogens with zero attached hydrogens (tertiary/aromatic N) is 2. The minimum atomic E-state index is -1.48. The number of carbonyl (C=O) groups excluding carboxylic acids is 3. The predicted molar refractivity (Wildman–Crippen MR) is 72.9 cm³/mol. The van der Waals surface area contributed by atoms with Gasteiger partial charge in [0.1, 0.15) is 12.0 Å². The normalized spacial score (nSPS) is 21.3.